The number of para-hydroxylation sites is 2. The zero-order chi connectivity index (χ0) is 29.2. The molecule has 5 aromatic carbocycles. The molecule has 6 rings (SSSR count). The van der Waals surface area contributed by atoms with E-state index in [-0.39, 0.29) is 0 Å². The van der Waals surface area contributed by atoms with Crippen LogP contribution in [-0.4, -0.2) is 28.2 Å². The lowest BCUT2D eigenvalue weighted by Gasteiger charge is -2.15. The molecule has 1 aromatic heterocycles. The van der Waals surface area contributed by atoms with E-state index in [1.54, 1.807) is 30.3 Å². The molecule has 0 bridgehead atoms. The zero-order valence-electron chi connectivity index (χ0n) is 22.3. The Bertz CT molecular complexity index is 1950. The first-order chi connectivity index (χ1) is 20.4. The Balaban J connectivity index is 1.61. The lowest BCUT2D eigenvalue weighted by Crippen LogP contribution is -2.11. The third kappa shape index (κ3) is 5.25. The average molecular weight is 577 g/mol. The van der Waals surface area contributed by atoms with Gasteiger partial charge in [0.15, 0.2) is 6.61 Å². The van der Waals surface area contributed by atoms with Crippen molar-refractivity contribution in [3.05, 3.63) is 125 Å². The fourth-order valence-electron chi connectivity index (χ4n) is 5.18. The molecule has 0 radical (unpaired) electrons. The van der Waals surface area contributed by atoms with Crippen molar-refractivity contribution in [1.82, 2.24) is 4.57 Å². The Kier molecular flexibility index (Phi) is 7.25. The molecule has 0 fully saturated rings. The summed E-state index contributed by atoms with van der Waals surface area (Å²) >= 11 is 6.15. The number of hydrogen-bond donors (Lipinski definition) is 2. The van der Waals surface area contributed by atoms with Gasteiger partial charge in [0.2, 0.25) is 5.91 Å². The Morgan fingerprint density at radius 3 is 2.24 bits per heavy atom. The number of amides is 1. The number of halogens is 1. The number of aliphatic carboxylic acids is 1. The van der Waals surface area contributed by atoms with Gasteiger partial charge in [0.1, 0.15) is 17.2 Å². The minimum absolute atomic E-state index is 0.310. The van der Waals surface area contributed by atoms with Gasteiger partial charge in [-0.15, -0.1) is 0 Å². The third-order valence-electron chi connectivity index (χ3n) is 7.02. The monoisotopic (exact) mass is 576 g/mol. The standard InChI is InChI=1S/C34H25ClN2O5/c35-24-15-13-21(14-16-24)23-17-28-33(30(18-23)41-20-31(38)39)32-26(34(36)40)10-6-11-27(32)37(28)19-22-7-4-5-12-29(22)42-25-8-2-1-3-9-25/h1-18H,19-20H2,(H2,36,40)(H,38,39). The van der Waals surface area contributed by atoms with E-state index >= 15 is 0 Å². The van der Waals surface area contributed by atoms with Crippen LogP contribution in [0.1, 0.15) is 15.9 Å². The number of hydrogen-bond acceptors (Lipinski definition) is 4. The number of rotatable bonds is 9. The lowest BCUT2D eigenvalue weighted by atomic mass is 10.0. The number of carbonyl (C=O) groups excluding carboxylic acids is 1. The maximum Gasteiger partial charge on any atom is 0.341 e. The van der Waals surface area contributed by atoms with Crippen LogP contribution in [0.2, 0.25) is 5.02 Å². The van der Waals surface area contributed by atoms with Gasteiger partial charge in [-0.2, -0.15) is 0 Å². The van der Waals surface area contributed by atoms with Crippen LogP contribution in [0.3, 0.4) is 0 Å². The molecule has 1 heterocycles. The predicted octanol–water partition coefficient (Wildman–Crippen LogP) is 7.52. The molecular formula is C34H25ClN2O5. The van der Waals surface area contributed by atoms with Gasteiger partial charge in [-0.1, -0.05) is 66.2 Å². The predicted molar refractivity (Wildman–Crippen MR) is 164 cm³/mol. The molecule has 7 nitrogen and oxygen atoms in total. The topological polar surface area (TPSA) is 104 Å². The summed E-state index contributed by atoms with van der Waals surface area (Å²) in [7, 11) is 0. The van der Waals surface area contributed by atoms with Crippen LogP contribution in [0.25, 0.3) is 32.9 Å². The molecule has 1 amide bonds. The second-order valence-corrected chi connectivity index (χ2v) is 10.2. The number of nitrogens with two attached hydrogens (primary N) is 1. The number of fused-ring (bicyclic) bond motifs is 3. The highest BCUT2D eigenvalue weighted by molar-refractivity contribution is 6.30. The van der Waals surface area contributed by atoms with Gasteiger partial charge in [-0.05, 0) is 65.7 Å². The van der Waals surface area contributed by atoms with Crippen LogP contribution >= 0.6 is 11.6 Å². The molecule has 0 atom stereocenters. The fraction of sp³-hybridized carbons (Fsp3) is 0.0588. The number of primary amides is 1. The average Bonchev–Trinajstić information content (AvgIpc) is 3.31. The lowest BCUT2D eigenvalue weighted by molar-refractivity contribution is -0.139. The molecule has 0 saturated heterocycles. The van der Waals surface area contributed by atoms with E-state index in [9.17, 15) is 14.7 Å². The van der Waals surface area contributed by atoms with Crippen molar-refractivity contribution in [2.24, 2.45) is 5.73 Å². The van der Waals surface area contributed by atoms with Gasteiger partial charge >= 0.3 is 5.97 Å². The first-order valence-electron chi connectivity index (χ1n) is 13.2. The Morgan fingerprint density at radius 1 is 0.762 bits per heavy atom. The number of aromatic nitrogens is 1. The molecule has 0 saturated carbocycles. The van der Waals surface area contributed by atoms with Crippen molar-refractivity contribution < 1.29 is 24.2 Å². The summed E-state index contributed by atoms with van der Waals surface area (Å²) in [6.07, 6.45) is 0. The number of carboxylic acids is 1. The fourth-order valence-corrected chi connectivity index (χ4v) is 5.31. The largest absolute Gasteiger partial charge is 0.481 e. The summed E-state index contributed by atoms with van der Waals surface area (Å²) in [5, 5.41) is 11.2. The molecule has 208 valence electrons. The Morgan fingerprint density at radius 2 is 1.50 bits per heavy atom. The minimum atomic E-state index is -1.12. The van der Waals surface area contributed by atoms with Crippen LogP contribution in [-0.2, 0) is 11.3 Å². The summed E-state index contributed by atoms with van der Waals surface area (Å²) in [5.74, 6) is -0.00558. The molecule has 8 heteroatoms. The second-order valence-electron chi connectivity index (χ2n) is 9.73. The van der Waals surface area contributed by atoms with Crippen molar-refractivity contribution >= 4 is 45.3 Å². The van der Waals surface area contributed by atoms with Crippen LogP contribution in [0.15, 0.2) is 109 Å². The highest BCUT2D eigenvalue weighted by atomic mass is 35.5. The molecular weight excluding hydrogens is 552 g/mol. The van der Waals surface area contributed by atoms with Crippen LogP contribution in [0.5, 0.6) is 17.2 Å². The maximum atomic E-state index is 12.6. The highest BCUT2D eigenvalue weighted by Crippen LogP contribution is 2.42. The summed E-state index contributed by atoms with van der Waals surface area (Å²) < 4.78 is 14.2. The van der Waals surface area contributed by atoms with Crippen molar-refractivity contribution in [3.8, 4) is 28.4 Å². The van der Waals surface area contributed by atoms with E-state index in [1.807, 2.05) is 78.9 Å². The van der Waals surface area contributed by atoms with E-state index in [0.717, 1.165) is 27.7 Å². The van der Waals surface area contributed by atoms with E-state index in [2.05, 4.69) is 4.57 Å². The molecule has 6 aromatic rings. The molecule has 0 aliphatic heterocycles. The van der Waals surface area contributed by atoms with Gasteiger partial charge in [0.25, 0.3) is 0 Å². The number of ether oxygens (including phenoxy) is 2. The quantitative estimate of drug-likeness (QED) is 0.185. The Hall–Kier alpha value is -5.27. The maximum absolute atomic E-state index is 12.6. The van der Waals surface area contributed by atoms with Crippen LogP contribution in [0.4, 0.5) is 0 Å². The van der Waals surface area contributed by atoms with Gasteiger partial charge in [0.05, 0.1) is 23.0 Å². The normalized spacial score (nSPS) is 11.1. The van der Waals surface area contributed by atoms with Crippen molar-refractivity contribution in [2.75, 3.05) is 6.61 Å². The molecule has 0 unspecified atom stereocenters. The third-order valence-corrected chi connectivity index (χ3v) is 7.27. The summed E-state index contributed by atoms with van der Waals surface area (Å²) in [4.78, 5) is 24.2. The molecule has 3 N–H and O–H groups in total. The Labute approximate surface area is 246 Å². The minimum Gasteiger partial charge on any atom is -0.481 e. The van der Waals surface area contributed by atoms with Crippen molar-refractivity contribution in [3.63, 3.8) is 0 Å². The van der Waals surface area contributed by atoms with Gasteiger partial charge in [0, 0.05) is 21.5 Å². The van der Waals surface area contributed by atoms with Crippen LogP contribution < -0.4 is 15.2 Å². The summed E-state index contributed by atoms with van der Waals surface area (Å²) in [5.41, 5.74) is 10.2. The number of carboxylic acid groups (broad SMARTS) is 1. The summed E-state index contributed by atoms with van der Waals surface area (Å²) in [6.45, 7) is -0.175. The van der Waals surface area contributed by atoms with Gasteiger partial charge < -0.3 is 24.9 Å². The van der Waals surface area contributed by atoms with Crippen LogP contribution in [0, 0.1) is 0 Å². The molecule has 0 aliphatic rings. The molecule has 0 spiro atoms. The number of nitrogens with zero attached hydrogens (tertiary/aromatic N) is 1. The number of carbonyl (C=O) groups is 2. The van der Waals surface area contributed by atoms with E-state index in [4.69, 9.17) is 26.8 Å². The van der Waals surface area contributed by atoms with Crippen molar-refractivity contribution in [1.29, 1.82) is 0 Å². The number of benzene rings is 5. The first-order valence-corrected chi connectivity index (χ1v) is 13.6. The van der Waals surface area contributed by atoms with E-state index in [1.165, 1.54) is 0 Å². The zero-order valence-corrected chi connectivity index (χ0v) is 23.0. The second kappa shape index (κ2) is 11.3. The smallest absolute Gasteiger partial charge is 0.341 e. The van der Waals surface area contributed by atoms with E-state index < -0.39 is 18.5 Å². The van der Waals surface area contributed by atoms with Crippen molar-refractivity contribution in [2.45, 2.75) is 6.54 Å². The SMILES string of the molecule is NC(=O)c1cccc2c1c1c(OCC(=O)O)cc(-c3ccc(Cl)cc3)cc1n2Cc1ccccc1Oc1ccccc1. The van der Waals surface area contributed by atoms with E-state index in [0.29, 0.717) is 45.2 Å². The molecule has 42 heavy (non-hydrogen) atoms. The van der Waals surface area contributed by atoms with Gasteiger partial charge in [-0.3, -0.25) is 4.79 Å². The first kappa shape index (κ1) is 26.9. The summed E-state index contributed by atoms with van der Waals surface area (Å²) in [6, 6.07) is 33.7. The molecule has 0 aliphatic carbocycles. The highest BCUT2D eigenvalue weighted by Gasteiger charge is 2.22. The van der Waals surface area contributed by atoms with Gasteiger partial charge in [-0.25, -0.2) is 4.79 Å².